The molecule has 0 aromatic heterocycles. The van der Waals surface area contributed by atoms with E-state index in [-0.39, 0.29) is 5.91 Å². The number of anilines is 1. The van der Waals surface area contributed by atoms with E-state index in [1.807, 2.05) is 12.1 Å². The van der Waals surface area contributed by atoms with Gasteiger partial charge in [-0.05, 0) is 30.9 Å². The lowest BCUT2D eigenvalue weighted by molar-refractivity contribution is -0.118. The van der Waals surface area contributed by atoms with E-state index in [2.05, 4.69) is 4.72 Å². The van der Waals surface area contributed by atoms with E-state index in [0.29, 0.717) is 24.9 Å². The molecule has 1 rings (SSSR count). The van der Waals surface area contributed by atoms with Crippen LogP contribution in [0.25, 0.3) is 0 Å². The van der Waals surface area contributed by atoms with E-state index in [4.69, 9.17) is 5.73 Å². The van der Waals surface area contributed by atoms with Gasteiger partial charge in [-0.1, -0.05) is 18.2 Å². The van der Waals surface area contributed by atoms with Gasteiger partial charge in [-0.3, -0.25) is 9.52 Å². The fourth-order valence-electron chi connectivity index (χ4n) is 1.65. The number of unbranched alkanes of at least 4 members (excludes halogenated alkanes) is 1. The largest absolute Gasteiger partial charge is 0.370 e. The second-order valence-corrected chi connectivity index (χ2v) is 5.95. The highest BCUT2D eigenvalue weighted by atomic mass is 32.2. The Labute approximate surface area is 107 Å². The van der Waals surface area contributed by atoms with E-state index in [1.54, 1.807) is 12.1 Å². The monoisotopic (exact) mass is 270 g/mol. The Morgan fingerprint density at radius 1 is 1.28 bits per heavy atom. The third-order valence-electron chi connectivity index (χ3n) is 2.43. The summed E-state index contributed by atoms with van der Waals surface area (Å²) in [6.45, 7) is 0. The maximum absolute atomic E-state index is 11.2. The minimum Gasteiger partial charge on any atom is -0.370 e. The SMILES string of the molecule is CS(=O)(=O)Nc1ccccc1CCCCC(N)=O. The standard InChI is InChI=1S/C12H18N2O3S/c1-18(16,17)14-11-8-4-2-6-10(11)7-3-5-9-12(13)15/h2,4,6,8,14H,3,5,7,9H2,1H3,(H2,13,15). The molecule has 0 fully saturated rings. The number of amides is 1. The molecule has 0 bridgehead atoms. The summed E-state index contributed by atoms with van der Waals surface area (Å²) >= 11 is 0. The molecule has 100 valence electrons. The molecule has 6 heteroatoms. The summed E-state index contributed by atoms with van der Waals surface area (Å²) in [5.41, 5.74) is 6.57. The van der Waals surface area contributed by atoms with Gasteiger partial charge in [0.05, 0.1) is 11.9 Å². The smallest absolute Gasteiger partial charge is 0.229 e. The molecule has 1 amide bonds. The van der Waals surface area contributed by atoms with Gasteiger partial charge < -0.3 is 5.73 Å². The molecule has 0 atom stereocenters. The van der Waals surface area contributed by atoms with Gasteiger partial charge in [-0.2, -0.15) is 0 Å². The number of hydrogen-bond acceptors (Lipinski definition) is 3. The predicted octanol–water partition coefficient (Wildman–Crippen LogP) is 1.26. The number of aryl methyl sites for hydroxylation is 1. The third kappa shape index (κ3) is 5.67. The zero-order chi connectivity index (χ0) is 13.6. The van der Waals surface area contributed by atoms with Crippen molar-refractivity contribution in [1.29, 1.82) is 0 Å². The number of carbonyl (C=O) groups excluding carboxylic acids is 1. The van der Waals surface area contributed by atoms with Crippen LogP contribution in [0.2, 0.25) is 0 Å². The molecule has 1 aromatic rings. The van der Waals surface area contributed by atoms with Gasteiger partial charge in [0.1, 0.15) is 0 Å². The molecular formula is C12H18N2O3S. The van der Waals surface area contributed by atoms with Crippen molar-refractivity contribution < 1.29 is 13.2 Å². The molecular weight excluding hydrogens is 252 g/mol. The summed E-state index contributed by atoms with van der Waals surface area (Å²) < 4.78 is 24.9. The van der Waals surface area contributed by atoms with Gasteiger partial charge in [-0.25, -0.2) is 8.42 Å². The zero-order valence-corrected chi connectivity index (χ0v) is 11.2. The number of carbonyl (C=O) groups is 1. The number of benzene rings is 1. The molecule has 0 aliphatic heterocycles. The number of para-hydroxylation sites is 1. The molecule has 0 spiro atoms. The number of nitrogens with one attached hydrogen (secondary N) is 1. The highest BCUT2D eigenvalue weighted by Crippen LogP contribution is 2.18. The van der Waals surface area contributed by atoms with Crippen LogP contribution in [0.4, 0.5) is 5.69 Å². The Kier molecular flexibility index (Phi) is 5.15. The molecule has 18 heavy (non-hydrogen) atoms. The summed E-state index contributed by atoms with van der Waals surface area (Å²) in [5.74, 6) is -0.308. The topological polar surface area (TPSA) is 89.3 Å². The van der Waals surface area contributed by atoms with Gasteiger partial charge in [-0.15, -0.1) is 0 Å². The summed E-state index contributed by atoms with van der Waals surface area (Å²) in [6.07, 6.45) is 3.71. The Bertz CT molecular complexity index is 512. The first-order valence-electron chi connectivity index (χ1n) is 5.72. The fraction of sp³-hybridized carbons (Fsp3) is 0.417. The van der Waals surface area contributed by atoms with Crippen LogP contribution in [-0.2, 0) is 21.2 Å². The molecule has 0 heterocycles. The fourth-order valence-corrected chi connectivity index (χ4v) is 2.25. The molecule has 0 aliphatic carbocycles. The first kappa shape index (κ1) is 14.5. The van der Waals surface area contributed by atoms with Crippen LogP contribution in [-0.4, -0.2) is 20.6 Å². The Morgan fingerprint density at radius 3 is 2.56 bits per heavy atom. The zero-order valence-electron chi connectivity index (χ0n) is 10.3. The summed E-state index contributed by atoms with van der Waals surface area (Å²) in [4.78, 5) is 10.6. The van der Waals surface area contributed by atoms with Crippen molar-refractivity contribution in [2.75, 3.05) is 11.0 Å². The van der Waals surface area contributed by atoms with Crippen molar-refractivity contribution in [2.45, 2.75) is 25.7 Å². The highest BCUT2D eigenvalue weighted by molar-refractivity contribution is 7.92. The summed E-state index contributed by atoms with van der Waals surface area (Å²) in [6, 6.07) is 7.24. The van der Waals surface area contributed by atoms with Crippen molar-refractivity contribution in [2.24, 2.45) is 5.73 Å². The lowest BCUT2D eigenvalue weighted by Gasteiger charge is -2.10. The van der Waals surface area contributed by atoms with Crippen LogP contribution in [0.15, 0.2) is 24.3 Å². The quantitative estimate of drug-likeness (QED) is 0.731. The number of hydrogen-bond donors (Lipinski definition) is 2. The van der Waals surface area contributed by atoms with Crippen LogP contribution in [0.5, 0.6) is 0 Å². The number of nitrogens with two attached hydrogens (primary N) is 1. The van der Waals surface area contributed by atoms with Gasteiger partial charge in [0.2, 0.25) is 15.9 Å². The average molecular weight is 270 g/mol. The maximum Gasteiger partial charge on any atom is 0.229 e. The lowest BCUT2D eigenvalue weighted by Crippen LogP contribution is -2.11. The minimum atomic E-state index is -3.27. The first-order chi connectivity index (χ1) is 8.38. The Morgan fingerprint density at radius 2 is 1.94 bits per heavy atom. The van der Waals surface area contributed by atoms with Gasteiger partial charge >= 0.3 is 0 Å². The van der Waals surface area contributed by atoms with Gasteiger partial charge in [0.15, 0.2) is 0 Å². The van der Waals surface area contributed by atoms with Crippen molar-refractivity contribution in [3.05, 3.63) is 29.8 Å². The minimum absolute atomic E-state index is 0.308. The molecule has 0 saturated heterocycles. The second-order valence-electron chi connectivity index (χ2n) is 4.20. The number of primary amides is 1. The van der Waals surface area contributed by atoms with Crippen LogP contribution >= 0.6 is 0 Å². The van der Waals surface area contributed by atoms with Crippen LogP contribution in [0.3, 0.4) is 0 Å². The molecule has 0 saturated carbocycles. The normalized spacial score (nSPS) is 11.2. The van der Waals surface area contributed by atoms with E-state index in [1.165, 1.54) is 0 Å². The lowest BCUT2D eigenvalue weighted by atomic mass is 10.1. The molecule has 5 nitrogen and oxygen atoms in total. The Balaban J connectivity index is 2.62. The molecule has 1 aromatic carbocycles. The Hall–Kier alpha value is -1.56. The number of rotatable bonds is 7. The number of sulfonamides is 1. The van der Waals surface area contributed by atoms with Crippen LogP contribution < -0.4 is 10.5 Å². The second kappa shape index (κ2) is 6.39. The van der Waals surface area contributed by atoms with Crippen LogP contribution in [0.1, 0.15) is 24.8 Å². The van der Waals surface area contributed by atoms with Crippen molar-refractivity contribution >= 4 is 21.6 Å². The third-order valence-corrected chi connectivity index (χ3v) is 3.02. The van der Waals surface area contributed by atoms with E-state index >= 15 is 0 Å². The highest BCUT2D eigenvalue weighted by Gasteiger charge is 2.06. The molecule has 3 N–H and O–H groups in total. The van der Waals surface area contributed by atoms with Crippen molar-refractivity contribution in [1.82, 2.24) is 0 Å². The van der Waals surface area contributed by atoms with Gasteiger partial charge in [0.25, 0.3) is 0 Å². The van der Waals surface area contributed by atoms with Crippen molar-refractivity contribution in [3.8, 4) is 0 Å². The van der Waals surface area contributed by atoms with Crippen LogP contribution in [0, 0.1) is 0 Å². The molecule has 0 radical (unpaired) electrons. The summed E-state index contributed by atoms with van der Waals surface area (Å²) in [7, 11) is -3.27. The van der Waals surface area contributed by atoms with E-state index in [0.717, 1.165) is 18.2 Å². The average Bonchev–Trinajstić information content (AvgIpc) is 2.24. The first-order valence-corrected chi connectivity index (χ1v) is 7.61. The molecule has 0 unspecified atom stereocenters. The van der Waals surface area contributed by atoms with Gasteiger partial charge in [0, 0.05) is 6.42 Å². The molecule has 0 aliphatic rings. The maximum atomic E-state index is 11.2. The van der Waals surface area contributed by atoms with E-state index < -0.39 is 10.0 Å². The van der Waals surface area contributed by atoms with Crippen molar-refractivity contribution in [3.63, 3.8) is 0 Å². The van der Waals surface area contributed by atoms with E-state index in [9.17, 15) is 13.2 Å². The summed E-state index contributed by atoms with van der Waals surface area (Å²) in [5, 5.41) is 0. The predicted molar refractivity (Wildman–Crippen MR) is 71.7 cm³/mol.